The minimum atomic E-state index is -3.91. The van der Waals surface area contributed by atoms with Crippen LogP contribution in [-0.4, -0.2) is 83.0 Å². The Kier molecular flexibility index (Phi) is 10.5. The minimum absolute atomic E-state index is 0.0110. The van der Waals surface area contributed by atoms with Crippen molar-refractivity contribution in [3.63, 3.8) is 0 Å². The summed E-state index contributed by atoms with van der Waals surface area (Å²) in [5, 5.41) is 5.05. The first-order chi connectivity index (χ1) is 24.5. The molecule has 3 saturated carbocycles. The van der Waals surface area contributed by atoms with Gasteiger partial charge in [-0.25, -0.2) is 17.6 Å². The molecule has 5 atom stereocenters. The predicted octanol–water partition coefficient (Wildman–Crippen LogP) is 3.42. The van der Waals surface area contributed by atoms with Crippen LogP contribution < -0.4 is 15.4 Å². The first-order valence-corrected chi connectivity index (χ1v) is 19.9. The van der Waals surface area contributed by atoms with E-state index in [0.29, 0.717) is 24.0 Å². The number of benzene rings is 1. The van der Waals surface area contributed by atoms with Gasteiger partial charge < -0.3 is 20.3 Å². The average Bonchev–Trinajstić information content (AvgIpc) is 3.97. The van der Waals surface area contributed by atoms with Gasteiger partial charge in [-0.1, -0.05) is 37.5 Å². The predicted molar refractivity (Wildman–Crippen MR) is 188 cm³/mol. The van der Waals surface area contributed by atoms with Crippen molar-refractivity contribution in [2.75, 3.05) is 6.54 Å². The Hall–Kier alpha value is -4.01. The van der Waals surface area contributed by atoms with E-state index < -0.39 is 80.0 Å². The van der Waals surface area contributed by atoms with E-state index in [1.807, 2.05) is 20.8 Å². The molecule has 2 heterocycles. The molecular formula is C37H50FN5O8S. The lowest BCUT2D eigenvalue weighted by molar-refractivity contribution is -0.146. The zero-order chi connectivity index (χ0) is 37.6. The maximum absolute atomic E-state index is 14.6. The zero-order valence-electron chi connectivity index (χ0n) is 30.1. The van der Waals surface area contributed by atoms with Crippen molar-refractivity contribution in [2.45, 2.75) is 127 Å². The molecule has 4 fully saturated rings. The summed E-state index contributed by atoms with van der Waals surface area (Å²) >= 11 is 0. The summed E-state index contributed by atoms with van der Waals surface area (Å²) in [6, 6.07) is 3.44. The quantitative estimate of drug-likeness (QED) is 0.290. The Morgan fingerprint density at radius 3 is 2.40 bits per heavy atom. The van der Waals surface area contributed by atoms with Gasteiger partial charge in [-0.05, 0) is 70.4 Å². The van der Waals surface area contributed by atoms with Crippen LogP contribution in [0.4, 0.5) is 9.18 Å². The molecule has 0 aromatic heterocycles. The van der Waals surface area contributed by atoms with Gasteiger partial charge in [0.1, 0.15) is 23.5 Å². The van der Waals surface area contributed by atoms with Gasteiger partial charge in [0, 0.05) is 42.3 Å². The van der Waals surface area contributed by atoms with Gasteiger partial charge in [-0.2, -0.15) is 0 Å². The number of hydrogen-bond donors (Lipinski definition) is 3. The Bertz CT molecular complexity index is 1740. The largest absolute Gasteiger partial charge is 0.444 e. The number of ether oxygens (including phenoxy) is 1. The smallest absolute Gasteiger partial charge is 0.410 e. The van der Waals surface area contributed by atoms with Crippen LogP contribution in [0.15, 0.2) is 30.9 Å². The molecule has 5 aliphatic rings. The van der Waals surface area contributed by atoms with Gasteiger partial charge >= 0.3 is 6.09 Å². The lowest BCUT2D eigenvalue weighted by atomic mass is 9.77. The van der Waals surface area contributed by atoms with Crippen molar-refractivity contribution in [3.8, 4) is 0 Å². The van der Waals surface area contributed by atoms with Crippen LogP contribution in [0, 0.1) is 23.6 Å². The molecule has 0 radical (unpaired) electrons. The van der Waals surface area contributed by atoms with Crippen molar-refractivity contribution in [1.29, 1.82) is 0 Å². The molecule has 52 heavy (non-hydrogen) atoms. The van der Waals surface area contributed by atoms with E-state index in [0.717, 1.165) is 32.1 Å². The Morgan fingerprint density at radius 1 is 1.08 bits per heavy atom. The van der Waals surface area contributed by atoms with Crippen molar-refractivity contribution >= 4 is 39.7 Å². The fourth-order valence-electron chi connectivity index (χ4n) is 8.00. The zero-order valence-corrected chi connectivity index (χ0v) is 30.9. The second kappa shape index (κ2) is 14.4. The molecular weight excluding hydrogens is 693 g/mol. The average molecular weight is 744 g/mol. The molecule has 284 valence electrons. The van der Waals surface area contributed by atoms with Crippen LogP contribution in [-0.2, 0) is 47.0 Å². The van der Waals surface area contributed by atoms with Crippen LogP contribution in [0.5, 0.6) is 0 Å². The van der Waals surface area contributed by atoms with Crippen LogP contribution >= 0.6 is 0 Å². The van der Waals surface area contributed by atoms with E-state index in [1.165, 1.54) is 21.9 Å². The molecule has 2 aliphatic heterocycles. The van der Waals surface area contributed by atoms with Gasteiger partial charge in [0.15, 0.2) is 0 Å². The molecule has 3 N–H and O–H groups in total. The molecule has 5 amide bonds. The number of carbonyl (C=O) groups excluding carboxylic acids is 5. The van der Waals surface area contributed by atoms with Crippen LogP contribution in [0.1, 0.15) is 96.1 Å². The summed E-state index contributed by atoms with van der Waals surface area (Å²) in [6.45, 7) is 9.33. The molecule has 13 nitrogen and oxygen atoms in total. The van der Waals surface area contributed by atoms with Gasteiger partial charge in [0.05, 0.1) is 18.3 Å². The van der Waals surface area contributed by atoms with Crippen molar-refractivity contribution in [3.05, 3.63) is 47.8 Å². The third-order valence-corrected chi connectivity index (χ3v) is 12.8. The number of carbonyl (C=O) groups is 5. The highest BCUT2D eigenvalue weighted by atomic mass is 32.2. The number of halogens is 1. The summed E-state index contributed by atoms with van der Waals surface area (Å²) in [7, 11) is -3.91. The topological polar surface area (TPSA) is 171 Å². The van der Waals surface area contributed by atoms with Gasteiger partial charge in [-0.3, -0.25) is 28.8 Å². The molecule has 6 rings (SSSR count). The number of nitrogens with one attached hydrogen (secondary N) is 3. The second-order valence-electron chi connectivity index (χ2n) is 16.2. The highest BCUT2D eigenvalue weighted by Crippen LogP contribution is 2.46. The number of amides is 5. The molecule has 0 spiro atoms. The van der Waals surface area contributed by atoms with E-state index in [4.69, 9.17) is 4.74 Å². The van der Waals surface area contributed by atoms with E-state index in [2.05, 4.69) is 21.9 Å². The third kappa shape index (κ3) is 8.13. The standard InChI is InChI=1S/C37H50FN5O8S/c1-5-24-18-37(24,34(47)41-52(49,50)26-14-15-26)40-32(45)30-16-25(51-35(48)42-19-23-12-9-13-29(38)28(23)21-42)20-43(30)33(46)27(22-10-7-6-8-11-22)17-31(44)39-36(2,3)4/h5,9,12-13,22,24-27,30H,1,6-8,10-11,14-21H2,2-4H3,(H,39,44)(H,40,45)(H,41,47)/t24?,25?,27-,30-,37+/m0/s1. The molecule has 1 aromatic rings. The SMILES string of the molecule is C=CC1C[C@]1(NC(=O)[C@@H]1CC(OC(=O)N2Cc3cccc(F)c3C2)CN1C(=O)[C@@H](CC(=O)NC(C)(C)C)C1CCCCC1)C(=O)NS(=O)(=O)C1CC1. The summed E-state index contributed by atoms with van der Waals surface area (Å²) in [6.07, 6.45) is 4.98. The third-order valence-electron chi connectivity index (χ3n) is 11.0. The lowest BCUT2D eigenvalue weighted by Crippen LogP contribution is -2.57. The summed E-state index contributed by atoms with van der Waals surface area (Å²) in [4.78, 5) is 71.7. The molecule has 3 aliphatic carbocycles. The maximum atomic E-state index is 14.6. The summed E-state index contributed by atoms with van der Waals surface area (Å²) in [5.74, 6) is -4.09. The summed E-state index contributed by atoms with van der Waals surface area (Å²) < 4.78 is 47.8. The fourth-order valence-corrected chi connectivity index (χ4v) is 9.36. The molecule has 15 heteroatoms. The summed E-state index contributed by atoms with van der Waals surface area (Å²) in [5.41, 5.74) is -1.05. The van der Waals surface area contributed by atoms with E-state index in [1.54, 1.807) is 12.1 Å². The lowest BCUT2D eigenvalue weighted by Gasteiger charge is -2.35. The number of hydrogen-bond acceptors (Lipinski definition) is 8. The van der Waals surface area contributed by atoms with E-state index >= 15 is 0 Å². The molecule has 1 saturated heterocycles. The number of sulfonamides is 1. The Morgan fingerprint density at radius 2 is 1.79 bits per heavy atom. The van der Waals surface area contributed by atoms with E-state index in [9.17, 15) is 36.8 Å². The molecule has 1 aromatic carbocycles. The fraction of sp³-hybridized carbons (Fsp3) is 0.649. The van der Waals surface area contributed by atoms with Crippen molar-refractivity contribution in [2.24, 2.45) is 17.8 Å². The second-order valence-corrected chi connectivity index (χ2v) is 18.1. The van der Waals surface area contributed by atoms with Crippen molar-refractivity contribution in [1.82, 2.24) is 25.2 Å². The van der Waals surface area contributed by atoms with Crippen LogP contribution in [0.2, 0.25) is 0 Å². The highest BCUT2D eigenvalue weighted by molar-refractivity contribution is 7.91. The Balaban J connectivity index is 1.24. The normalized spacial score (nSPS) is 26.6. The van der Waals surface area contributed by atoms with Gasteiger partial charge in [0.25, 0.3) is 5.91 Å². The monoisotopic (exact) mass is 743 g/mol. The van der Waals surface area contributed by atoms with Gasteiger partial charge in [0.2, 0.25) is 27.7 Å². The number of fused-ring (bicyclic) bond motifs is 1. The van der Waals surface area contributed by atoms with Crippen molar-refractivity contribution < 1.29 is 41.5 Å². The minimum Gasteiger partial charge on any atom is -0.444 e. The first kappa shape index (κ1) is 37.7. The molecule has 0 bridgehead atoms. The maximum Gasteiger partial charge on any atom is 0.410 e. The van der Waals surface area contributed by atoms with E-state index in [-0.39, 0.29) is 50.7 Å². The van der Waals surface area contributed by atoms with Crippen LogP contribution in [0.25, 0.3) is 0 Å². The number of likely N-dealkylation sites (tertiary alicyclic amines) is 1. The number of nitrogens with zero attached hydrogens (tertiary/aromatic N) is 2. The van der Waals surface area contributed by atoms with Crippen LogP contribution in [0.3, 0.4) is 0 Å². The first-order valence-electron chi connectivity index (χ1n) is 18.4. The molecule has 2 unspecified atom stereocenters. The Labute approximate surface area is 304 Å². The number of rotatable bonds is 11. The van der Waals surface area contributed by atoms with Gasteiger partial charge in [-0.15, -0.1) is 6.58 Å². The highest BCUT2D eigenvalue weighted by Gasteiger charge is 2.62.